The van der Waals surface area contributed by atoms with E-state index in [1.807, 2.05) is 46.0 Å². The topological polar surface area (TPSA) is 68.0 Å². The van der Waals surface area contributed by atoms with Gasteiger partial charge in [-0.2, -0.15) is 0 Å². The number of anilines is 1. The molecule has 3 N–H and O–H groups in total. The van der Waals surface area contributed by atoms with Crippen LogP contribution in [0.3, 0.4) is 0 Å². The van der Waals surface area contributed by atoms with Crippen molar-refractivity contribution in [1.29, 1.82) is 0 Å². The highest BCUT2D eigenvalue weighted by atomic mass is 32.1. The number of rotatable bonds is 2. The van der Waals surface area contributed by atoms with Gasteiger partial charge in [-0.15, -0.1) is 11.3 Å². The molecule has 31 heavy (non-hydrogen) atoms. The van der Waals surface area contributed by atoms with Crippen molar-refractivity contribution in [3.8, 4) is 22.3 Å². The molecule has 4 nitrogen and oxygen atoms in total. The van der Waals surface area contributed by atoms with Crippen LogP contribution in [0.15, 0.2) is 60.1 Å². The van der Waals surface area contributed by atoms with Crippen molar-refractivity contribution in [3.05, 3.63) is 71.2 Å². The molecule has 2 aromatic carbocycles. The second-order valence-electron chi connectivity index (χ2n) is 6.67. The second-order valence-corrected chi connectivity index (χ2v) is 7.62. The van der Waals surface area contributed by atoms with Gasteiger partial charge in [0.05, 0.1) is 0 Å². The highest BCUT2D eigenvalue weighted by Crippen LogP contribution is 2.35. The highest BCUT2D eigenvalue weighted by Gasteiger charge is 2.18. The predicted octanol–water partition coefficient (Wildman–Crippen LogP) is 6.55. The van der Waals surface area contributed by atoms with Gasteiger partial charge in [0, 0.05) is 39.5 Å². The van der Waals surface area contributed by atoms with E-state index in [4.69, 9.17) is 5.73 Å². The summed E-state index contributed by atoms with van der Waals surface area (Å²) in [5.41, 5.74) is 12.1. The molecule has 0 atom stereocenters. The van der Waals surface area contributed by atoms with Crippen LogP contribution in [0.5, 0.6) is 0 Å². The molecule has 1 amide bonds. The van der Waals surface area contributed by atoms with E-state index in [9.17, 15) is 4.79 Å². The monoisotopic (exact) mass is 431 g/mol. The number of nitrogens with one attached hydrogen (secondary N) is 1. The van der Waals surface area contributed by atoms with E-state index in [1.165, 1.54) is 10.1 Å². The number of benzene rings is 2. The number of hydrogen-bond acceptors (Lipinski definition) is 4. The molecule has 5 heteroatoms. The lowest BCUT2D eigenvalue weighted by atomic mass is 9.94. The lowest BCUT2D eigenvalue weighted by molar-refractivity contribution is 0.0946. The van der Waals surface area contributed by atoms with Crippen molar-refractivity contribution in [2.24, 2.45) is 0 Å². The summed E-state index contributed by atoms with van der Waals surface area (Å²) in [6.45, 7) is 8.67. The fourth-order valence-electron chi connectivity index (χ4n) is 3.70. The van der Waals surface area contributed by atoms with E-state index in [0.29, 0.717) is 12.4 Å². The van der Waals surface area contributed by atoms with Gasteiger partial charge in [-0.05, 0) is 52.8 Å². The molecular formula is C26H29N3OS. The molecule has 0 spiro atoms. The second kappa shape index (κ2) is 10.2. The summed E-state index contributed by atoms with van der Waals surface area (Å²) in [4.78, 5) is 16.4. The summed E-state index contributed by atoms with van der Waals surface area (Å²) in [5.74, 6) is 0.489. The minimum absolute atomic E-state index is 0.00761. The third-order valence-electron chi connectivity index (χ3n) is 5.07. The zero-order chi connectivity index (χ0) is 22.4. The van der Waals surface area contributed by atoms with E-state index in [2.05, 4.69) is 52.1 Å². The highest BCUT2D eigenvalue weighted by molar-refractivity contribution is 7.17. The molecule has 1 aliphatic rings. The maximum Gasteiger partial charge on any atom is 0.251 e. The lowest BCUT2D eigenvalue weighted by Gasteiger charge is -2.18. The molecule has 0 fully saturated rings. The van der Waals surface area contributed by atoms with Crippen LogP contribution in [0.25, 0.3) is 32.3 Å². The Bertz CT molecular complexity index is 1200. The normalized spacial score (nSPS) is 12.1. The van der Waals surface area contributed by atoms with Crippen LogP contribution in [0.1, 0.15) is 43.6 Å². The Labute approximate surface area is 188 Å². The molecule has 0 saturated carbocycles. The standard InChI is InChI=1S/C22H17N3OS.2C2H6/c23-21-19(13-4-5-17-14(10-13)6-8-24-22(17)26)11-15(12-25-21)16-2-1-3-20-18(16)7-9-27-20;2*1-2/h1-5,7,9-12H,6,8H2,(H2,23,25)(H,24,26);2*1-2H3. The number of nitrogen functional groups attached to an aromatic ring is 1. The van der Waals surface area contributed by atoms with Gasteiger partial charge in [-0.25, -0.2) is 4.98 Å². The number of amides is 1. The van der Waals surface area contributed by atoms with Crippen LogP contribution in [0.2, 0.25) is 0 Å². The zero-order valence-electron chi connectivity index (χ0n) is 18.5. The van der Waals surface area contributed by atoms with Crippen LogP contribution in [0, 0.1) is 0 Å². The van der Waals surface area contributed by atoms with Gasteiger partial charge in [0.15, 0.2) is 0 Å². The van der Waals surface area contributed by atoms with E-state index < -0.39 is 0 Å². The number of carbonyl (C=O) groups is 1. The Hall–Kier alpha value is -3.18. The molecule has 0 saturated heterocycles. The minimum Gasteiger partial charge on any atom is -0.383 e. The summed E-state index contributed by atoms with van der Waals surface area (Å²) in [6.07, 6.45) is 2.66. The van der Waals surface area contributed by atoms with Gasteiger partial charge >= 0.3 is 0 Å². The van der Waals surface area contributed by atoms with Crippen molar-refractivity contribution in [1.82, 2.24) is 10.3 Å². The quantitative estimate of drug-likeness (QED) is 0.378. The van der Waals surface area contributed by atoms with Gasteiger partial charge in [0.25, 0.3) is 5.91 Å². The van der Waals surface area contributed by atoms with Gasteiger partial charge in [-0.3, -0.25) is 4.79 Å². The number of hydrogen-bond donors (Lipinski definition) is 2. The predicted molar refractivity (Wildman–Crippen MR) is 134 cm³/mol. The molecule has 0 bridgehead atoms. The molecule has 0 aliphatic carbocycles. The molecule has 160 valence electrons. The van der Waals surface area contributed by atoms with Crippen molar-refractivity contribution in [2.75, 3.05) is 12.3 Å². The zero-order valence-corrected chi connectivity index (χ0v) is 19.3. The summed E-state index contributed by atoms with van der Waals surface area (Å²) >= 11 is 1.73. The fraction of sp³-hybridized carbons (Fsp3) is 0.231. The van der Waals surface area contributed by atoms with Crippen LogP contribution in [-0.2, 0) is 6.42 Å². The van der Waals surface area contributed by atoms with Crippen LogP contribution in [0.4, 0.5) is 5.82 Å². The number of nitrogens with two attached hydrogens (primary N) is 1. The Morgan fingerprint density at radius 3 is 2.55 bits per heavy atom. The number of aromatic nitrogens is 1. The molecular weight excluding hydrogens is 402 g/mol. The first-order chi connectivity index (χ1) is 15.2. The van der Waals surface area contributed by atoms with Crippen molar-refractivity contribution >= 4 is 33.1 Å². The molecule has 3 heterocycles. The van der Waals surface area contributed by atoms with Gasteiger partial charge in [-0.1, -0.05) is 52.0 Å². The number of fused-ring (bicyclic) bond motifs is 2. The Balaban J connectivity index is 0.000000645. The third-order valence-corrected chi connectivity index (χ3v) is 5.95. The molecule has 0 radical (unpaired) electrons. The van der Waals surface area contributed by atoms with E-state index in [-0.39, 0.29) is 5.91 Å². The van der Waals surface area contributed by atoms with Crippen LogP contribution in [-0.4, -0.2) is 17.4 Å². The molecule has 4 aromatic rings. The number of carbonyl (C=O) groups excluding carboxylic acids is 1. The lowest BCUT2D eigenvalue weighted by Crippen LogP contribution is -2.31. The minimum atomic E-state index is -0.00761. The largest absolute Gasteiger partial charge is 0.383 e. The Morgan fingerprint density at radius 1 is 0.935 bits per heavy atom. The molecule has 2 aromatic heterocycles. The molecule has 1 aliphatic heterocycles. The number of thiophene rings is 1. The summed E-state index contributed by atoms with van der Waals surface area (Å²) < 4.78 is 1.26. The van der Waals surface area contributed by atoms with Gasteiger partial charge < -0.3 is 11.1 Å². The SMILES string of the molecule is CC.CC.Nc1ncc(-c2cccc3sccc23)cc1-c1ccc2c(c1)CCNC2=O. The summed E-state index contributed by atoms with van der Waals surface area (Å²) in [5, 5.41) is 6.21. The molecule has 0 unspecified atom stereocenters. The molecule has 5 rings (SSSR count). The maximum atomic E-state index is 12.0. The average Bonchev–Trinajstić information content (AvgIpc) is 3.31. The van der Waals surface area contributed by atoms with Crippen molar-refractivity contribution in [2.45, 2.75) is 34.1 Å². The fourth-order valence-corrected chi connectivity index (χ4v) is 4.51. The average molecular weight is 432 g/mol. The first-order valence-corrected chi connectivity index (χ1v) is 11.7. The van der Waals surface area contributed by atoms with Crippen molar-refractivity contribution < 1.29 is 4.79 Å². The first-order valence-electron chi connectivity index (χ1n) is 10.8. The van der Waals surface area contributed by atoms with E-state index >= 15 is 0 Å². The van der Waals surface area contributed by atoms with Crippen LogP contribution >= 0.6 is 11.3 Å². The number of pyridine rings is 1. The first kappa shape index (κ1) is 22.5. The van der Waals surface area contributed by atoms with E-state index in [1.54, 1.807) is 11.3 Å². The number of nitrogens with zero attached hydrogens (tertiary/aromatic N) is 1. The summed E-state index contributed by atoms with van der Waals surface area (Å²) in [6, 6.07) is 16.4. The summed E-state index contributed by atoms with van der Waals surface area (Å²) in [7, 11) is 0. The Morgan fingerprint density at radius 2 is 1.74 bits per heavy atom. The van der Waals surface area contributed by atoms with Gasteiger partial charge in [0.2, 0.25) is 0 Å². The smallest absolute Gasteiger partial charge is 0.251 e. The van der Waals surface area contributed by atoms with Crippen molar-refractivity contribution in [3.63, 3.8) is 0 Å². The Kier molecular flexibility index (Phi) is 7.42. The third kappa shape index (κ3) is 4.47. The van der Waals surface area contributed by atoms with E-state index in [0.717, 1.165) is 39.8 Å². The maximum absolute atomic E-state index is 12.0. The van der Waals surface area contributed by atoms with Crippen LogP contribution < -0.4 is 11.1 Å². The van der Waals surface area contributed by atoms with Gasteiger partial charge in [0.1, 0.15) is 5.82 Å².